The standard InChI is InChI=1S/C28H26O3/c1-3-27(2)25(28(27)17-16-21-11-7-8-15-24(21)28)26(29)30-19-20-10-9-14-23(18-20)31-22-12-5-4-6-13-22/h4-18,25H,3,19H2,1-2H3/t25-,27-,28-/m1/s1. The van der Waals surface area contributed by atoms with Crippen molar-refractivity contribution in [1.29, 1.82) is 0 Å². The van der Waals surface area contributed by atoms with Crippen molar-refractivity contribution in [1.82, 2.24) is 0 Å². The van der Waals surface area contributed by atoms with E-state index in [0.717, 1.165) is 23.5 Å². The number of ether oxygens (including phenoxy) is 2. The van der Waals surface area contributed by atoms with Gasteiger partial charge in [-0.05, 0) is 52.8 Å². The Morgan fingerprint density at radius 2 is 1.68 bits per heavy atom. The van der Waals surface area contributed by atoms with Crippen molar-refractivity contribution >= 4 is 12.0 Å². The van der Waals surface area contributed by atoms with Crippen LogP contribution in [0.4, 0.5) is 0 Å². The number of benzene rings is 3. The fraction of sp³-hybridized carbons (Fsp3) is 0.250. The van der Waals surface area contributed by atoms with Crippen LogP contribution in [-0.2, 0) is 21.6 Å². The summed E-state index contributed by atoms with van der Waals surface area (Å²) in [6.07, 6.45) is 5.30. The SMILES string of the molecule is CC[C@]1(C)[C@@H](C(=O)OCc2cccc(Oc3ccccc3)c2)[C@]12C=Cc1ccccc12. The number of hydrogen-bond donors (Lipinski definition) is 0. The van der Waals surface area contributed by atoms with E-state index in [1.54, 1.807) is 0 Å². The molecule has 3 aromatic carbocycles. The molecular weight excluding hydrogens is 384 g/mol. The quantitative estimate of drug-likeness (QED) is 0.433. The number of allylic oxidation sites excluding steroid dienone is 1. The Morgan fingerprint density at radius 1 is 0.935 bits per heavy atom. The first-order valence-corrected chi connectivity index (χ1v) is 10.9. The average molecular weight is 411 g/mol. The van der Waals surface area contributed by atoms with Crippen LogP contribution in [0.3, 0.4) is 0 Å². The van der Waals surface area contributed by atoms with E-state index in [4.69, 9.17) is 9.47 Å². The summed E-state index contributed by atoms with van der Waals surface area (Å²) >= 11 is 0. The largest absolute Gasteiger partial charge is 0.461 e. The summed E-state index contributed by atoms with van der Waals surface area (Å²) in [4.78, 5) is 13.2. The van der Waals surface area contributed by atoms with Crippen molar-refractivity contribution < 1.29 is 14.3 Å². The van der Waals surface area contributed by atoms with Crippen LogP contribution < -0.4 is 4.74 Å². The van der Waals surface area contributed by atoms with E-state index in [1.165, 1.54) is 11.1 Å². The molecule has 156 valence electrons. The lowest BCUT2D eigenvalue weighted by Crippen LogP contribution is -2.14. The number of hydrogen-bond acceptors (Lipinski definition) is 3. The Bertz CT molecular complexity index is 1150. The summed E-state index contributed by atoms with van der Waals surface area (Å²) in [5.74, 6) is 1.23. The molecule has 31 heavy (non-hydrogen) atoms. The van der Waals surface area contributed by atoms with Crippen LogP contribution in [0.15, 0.2) is 84.9 Å². The molecule has 0 aliphatic heterocycles. The van der Waals surface area contributed by atoms with Crippen LogP contribution in [0.2, 0.25) is 0 Å². The van der Waals surface area contributed by atoms with E-state index in [9.17, 15) is 4.79 Å². The number of rotatable bonds is 6. The molecule has 0 heterocycles. The molecule has 2 aliphatic rings. The van der Waals surface area contributed by atoms with Crippen LogP contribution in [0.5, 0.6) is 11.5 Å². The molecule has 0 bridgehead atoms. The predicted molar refractivity (Wildman–Crippen MR) is 122 cm³/mol. The maximum atomic E-state index is 13.2. The Labute approximate surface area is 183 Å². The molecule has 3 heteroatoms. The van der Waals surface area contributed by atoms with Crippen molar-refractivity contribution in [3.8, 4) is 11.5 Å². The third-order valence-electron chi connectivity index (χ3n) is 7.12. The van der Waals surface area contributed by atoms with Gasteiger partial charge in [0.2, 0.25) is 0 Å². The lowest BCUT2D eigenvalue weighted by molar-refractivity contribution is -0.147. The summed E-state index contributed by atoms with van der Waals surface area (Å²) < 4.78 is 11.7. The molecule has 0 N–H and O–H groups in total. The van der Waals surface area contributed by atoms with Gasteiger partial charge in [0, 0.05) is 5.41 Å². The second kappa shape index (κ2) is 7.42. The van der Waals surface area contributed by atoms with Crippen molar-refractivity contribution in [3.05, 3.63) is 102 Å². The van der Waals surface area contributed by atoms with Crippen LogP contribution in [0, 0.1) is 11.3 Å². The molecule has 0 unspecified atom stereocenters. The molecule has 3 aromatic rings. The Balaban J connectivity index is 1.30. The first kappa shape index (κ1) is 19.6. The van der Waals surface area contributed by atoms with Gasteiger partial charge in [-0.15, -0.1) is 0 Å². The molecule has 0 saturated heterocycles. The maximum Gasteiger partial charge on any atom is 0.311 e. The molecule has 3 nitrogen and oxygen atoms in total. The lowest BCUT2D eigenvalue weighted by Gasteiger charge is -2.15. The molecular formula is C28H26O3. The molecule has 1 fully saturated rings. The predicted octanol–water partition coefficient (Wildman–Crippen LogP) is 6.53. The Morgan fingerprint density at radius 3 is 2.48 bits per heavy atom. The smallest absolute Gasteiger partial charge is 0.311 e. The van der Waals surface area contributed by atoms with Gasteiger partial charge in [-0.25, -0.2) is 0 Å². The van der Waals surface area contributed by atoms with Gasteiger partial charge in [0.25, 0.3) is 0 Å². The lowest BCUT2D eigenvalue weighted by atomic mass is 9.87. The van der Waals surface area contributed by atoms with Gasteiger partial charge in [-0.3, -0.25) is 4.79 Å². The minimum Gasteiger partial charge on any atom is -0.461 e. The molecule has 1 saturated carbocycles. The van der Waals surface area contributed by atoms with Crippen molar-refractivity contribution in [2.24, 2.45) is 11.3 Å². The number of fused-ring (bicyclic) bond motifs is 2. The molecule has 0 aromatic heterocycles. The summed E-state index contributed by atoms with van der Waals surface area (Å²) in [5, 5.41) is 0. The summed E-state index contributed by atoms with van der Waals surface area (Å²) in [5.41, 5.74) is 3.01. The summed E-state index contributed by atoms with van der Waals surface area (Å²) in [7, 11) is 0. The zero-order valence-electron chi connectivity index (χ0n) is 17.9. The zero-order chi connectivity index (χ0) is 21.5. The highest BCUT2D eigenvalue weighted by atomic mass is 16.5. The maximum absolute atomic E-state index is 13.2. The van der Waals surface area contributed by atoms with Gasteiger partial charge in [0.1, 0.15) is 18.1 Å². The van der Waals surface area contributed by atoms with Gasteiger partial charge in [0.05, 0.1) is 5.92 Å². The summed E-state index contributed by atoms with van der Waals surface area (Å²) in [6.45, 7) is 4.61. The van der Waals surface area contributed by atoms with Crippen molar-refractivity contribution in [3.63, 3.8) is 0 Å². The normalized spacial score (nSPS) is 25.3. The molecule has 3 atom stereocenters. The van der Waals surface area contributed by atoms with Crippen LogP contribution in [0.1, 0.15) is 37.0 Å². The zero-order valence-corrected chi connectivity index (χ0v) is 17.9. The second-order valence-electron chi connectivity index (χ2n) is 8.66. The Hall–Kier alpha value is -3.33. The molecule has 0 radical (unpaired) electrons. The number of esters is 1. The third-order valence-corrected chi connectivity index (χ3v) is 7.12. The molecule has 1 spiro atoms. The fourth-order valence-electron chi connectivity index (χ4n) is 5.29. The first-order valence-electron chi connectivity index (χ1n) is 10.9. The molecule has 2 aliphatic carbocycles. The van der Waals surface area contributed by atoms with E-state index in [-0.39, 0.29) is 29.3 Å². The fourth-order valence-corrected chi connectivity index (χ4v) is 5.29. The number of carbonyl (C=O) groups is 1. The van der Waals surface area contributed by atoms with E-state index < -0.39 is 0 Å². The first-order chi connectivity index (χ1) is 15.1. The molecule has 0 amide bonds. The van der Waals surface area contributed by atoms with Gasteiger partial charge in [0.15, 0.2) is 0 Å². The third kappa shape index (κ3) is 3.07. The monoisotopic (exact) mass is 410 g/mol. The van der Waals surface area contributed by atoms with Crippen LogP contribution in [-0.4, -0.2) is 5.97 Å². The highest BCUT2D eigenvalue weighted by Gasteiger charge is 2.76. The van der Waals surface area contributed by atoms with Gasteiger partial charge < -0.3 is 9.47 Å². The number of carbonyl (C=O) groups excluding carboxylic acids is 1. The average Bonchev–Trinajstić information content (AvgIpc) is 3.13. The van der Waals surface area contributed by atoms with E-state index >= 15 is 0 Å². The minimum absolute atomic E-state index is 0.120. The topological polar surface area (TPSA) is 35.5 Å². The van der Waals surface area contributed by atoms with E-state index in [0.29, 0.717) is 0 Å². The van der Waals surface area contributed by atoms with E-state index in [1.807, 2.05) is 60.7 Å². The second-order valence-corrected chi connectivity index (χ2v) is 8.66. The van der Waals surface area contributed by atoms with E-state index in [2.05, 4.69) is 44.2 Å². The summed E-state index contributed by atoms with van der Waals surface area (Å²) in [6, 6.07) is 25.7. The van der Waals surface area contributed by atoms with Crippen molar-refractivity contribution in [2.45, 2.75) is 32.3 Å². The Kier molecular flexibility index (Phi) is 4.70. The van der Waals surface area contributed by atoms with Gasteiger partial charge in [-0.1, -0.05) is 80.6 Å². The number of para-hydroxylation sites is 1. The van der Waals surface area contributed by atoms with Crippen LogP contribution in [0.25, 0.3) is 6.08 Å². The minimum atomic E-state index is -0.242. The van der Waals surface area contributed by atoms with Gasteiger partial charge in [-0.2, -0.15) is 0 Å². The highest BCUT2D eigenvalue weighted by molar-refractivity contribution is 5.86. The van der Waals surface area contributed by atoms with Gasteiger partial charge >= 0.3 is 5.97 Å². The molecule has 5 rings (SSSR count). The van der Waals surface area contributed by atoms with Crippen LogP contribution >= 0.6 is 0 Å². The van der Waals surface area contributed by atoms with Crippen molar-refractivity contribution in [2.75, 3.05) is 0 Å². The highest BCUT2D eigenvalue weighted by Crippen LogP contribution is 2.74.